The molecule has 2 unspecified atom stereocenters. The van der Waals surface area contributed by atoms with Crippen LogP contribution in [0, 0.1) is 0 Å². The Morgan fingerprint density at radius 1 is 1.36 bits per heavy atom. The van der Waals surface area contributed by atoms with Gasteiger partial charge in [-0.1, -0.05) is 24.3 Å². The van der Waals surface area contributed by atoms with Crippen LogP contribution >= 0.6 is 0 Å². The third-order valence-corrected chi connectivity index (χ3v) is 4.30. The summed E-state index contributed by atoms with van der Waals surface area (Å²) in [5.74, 6) is 0. The van der Waals surface area contributed by atoms with Gasteiger partial charge in [-0.3, -0.25) is 4.99 Å². The van der Waals surface area contributed by atoms with E-state index in [4.69, 9.17) is 5.73 Å². The predicted octanol–water partition coefficient (Wildman–Crippen LogP) is 1.69. The summed E-state index contributed by atoms with van der Waals surface area (Å²) in [6.07, 6.45) is 3.54. The summed E-state index contributed by atoms with van der Waals surface area (Å²) in [5.41, 5.74) is 3.64. The summed E-state index contributed by atoms with van der Waals surface area (Å²) >= 11 is 0. The molecule has 3 N–H and O–H groups in total. The first-order valence-electron chi connectivity index (χ1n) is 7.83. The highest BCUT2D eigenvalue weighted by Crippen LogP contribution is 2.45. The highest BCUT2D eigenvalue weighted by molar-refractivity contribution is 5.68. The molecule has 0 radical (unpaired) electrons. The van der Waals surface area contributed by atoms with Gasteiger partial charge in [0, 0.05) is 24.8 Å². The van der Waals surface area contributed by atoms with Crippen LogP contribution in [0.2, 0.25) is 0 Å². The van der Waals surface area contributed by atoms with Gasteiger partial charge in [0.2, 0.25) is 0 Å². The molecule has 2 aliphatic rings. The number of nitrogens with two attached hydrogens (primary N) is 1. The standard InChI is InChI=1S/C17H19F3N4O/c18-17(19,20)12-6-2-3-7-13(12)22-14-10-16(14,23-15(21)25)11-24-8-4-1-5-9-24/h1-8,14,22H,9-11H2,(H3,21,23,25)/p-1. The van der Waals surface area contributed by atoms with E-state index in [-0.39, 0.29) is 11.7 Å². The monoisotopic (exact) mass is 351 g/mol. The Hall–Kier alpha value is -2.64. The fourth-order valence-electron chi connectivity index (χ4n) is 3.05. The molecule has 5 nitrogen and oxygen atoms in total. The maximum Gasteiger partial charge on any atom is 0.418 e. The lowest BCUT2D eigenvalue weighted by atomic mass is 10.1. The average Bonchev–Trinajstić information content (AvgIpc) is 3.18. The Labute approximate surface area is 143 Å². The number of alkyl halides is 3. The second kappa shape index (κ2) is 6.34. The molecule has 134 valence electrons. The quantitative estimate of drug-likeness (QED) is 0.625. The van der Waals surface area contributed by atoms with Crippen LogP contribution < -0.4 is 16.2 Å². The van der Waals surface area contributed by atoms with E-state index in [1.54, 1.807) is 0 Å². The molecule has 1 heterocycles. The lowest BCUT2D eigenvalue weighted by Crippen LogP contribution is -2.38. The summed E-state index contributed by atoms with van der Waals surface area (Å²) < 4.78 is 39.4. The van der Waals surface area contributed by atoms with Crippen molar-refractivity contribution in [2.24, 2.45) is 10.7 Å². The summed E-state index contributed by atoms with van der Waals surface area (Å²) in [7, 11) is 0. The molecular weight excluding hydrogens is 333 g/mol. The molecule has 1 saturated carbocycles. The number of nitrogens with zero attached hydrogens (tertiary/aromatic N) is 2. The largest absolute Gasteiger partial charge is 0.847 e. The van der Waals surface area contributed by atoms with E-state index in [1.807, 2.05) is 29.3 Å². The van der Waals surface area contributed by atoms with Crippen LogP contribution in [0.15, 0.2) is 53.7 Å². The summed E-state index contributed by atoms with van der Waals surface area (Å²) in [6, 6.07) is 4.07. The van der Waals surface area contributed by atoms with Gasteiger partial charge in [0.25, 0.3) is 0 Å². The number of hydrogen-bond acceptors (Lipinski definition) is 4. The Bertz CT molecular complexity index is 725. The number of aliphatic imine (C=N–C) groups is 1. The topological polar surface area (TPSA) is 76.7 Å². The van der Waals surface area contributed by atoms with E-state index in [2.05, 4.69) is 10.3 Å². The van der Waals surface area contributed by atoms with Gasteiger partial charge in [-0.25, -0.2) is 0 Å². The number of amidine groups is 1. The van der Waals surface area contributed by atoms with Gasteiger partial charge in [0.05, 0.1) is 11.6 Å². The fraction of sp³-hybridized carbons (Fsp3) is 0.353. The summed E-state index contributed by atoms with van der Waals surface area (Å²) in [4.78, 5) is 5.93. The Balaban J connectivity index is 1.78. The normalized spacial score (nSPS) is 26.0. The van der Waals surface area contributed by atoms with Crippen molar-refractivity contribution in [3.8, 4) is 0 Å². The summed E-state index contributed by atoms with van der Waals surface area (Å²) in [5, 5.41) is 14.2. The molecule has 1 fully saturated rings. The smallest absolute Gasteiger partial charge is 0.418 e. The van der Waals surface area contributed by atoms with Crippen molar-refractivity contribution in [1.82, 2.24) is 4.90 Å². The van der Waals surface area contributed by atoms with E-state index in [0.717, 1.165) is 6.07 Å². The number of allylic oxidation sites excluding steroid dienone is 2. The number of anilines is 1. The second-order valence-corrected chi connectivity index (χ2v) is 6.20. The summed E-state index contributed by atoms with van der Waals surface area (Å²) in [6.45, 7) is 1.06. The fourth-order valence-corrected chi connectivity index (χ4v) is 3.05. The van der Waals surface area contributed by atoms with Gasteiger partial charge >= 0.3 is 6.18 Å². The highest BCUT2D eigenvalue weighted by atomic mass is 19.4. The molecule has 1 aliphatic carbocycles. The van der Waals surface area contributed by atoms with Gasteiger partial charge in [-0.05, 0) is 30.8 Å². The van der Waals surface area contributed by atoms with Crippen LogP contribution in [0.25, 0.3) is 0 Å². The SMILES string of the molecule is NC([O-])=NC1(CN2C=CC=CC2)CC1Nc1ccccc1C(F)(F)F. The minimum Gasteiger partial charge on any atom is -0.847 e. The molecule has 0 spiro atoms. The third kappa shape index (κ3) is 3.89. The first kappa shape index (κ1) is 17.2. The van der Waals surface area contributed by atoms with Crippen molar-refractivity contribution in [2.45, 2.75) is 24.2 Å². The Morgan fingerprint density at radius 3 is 2.76 bits per heavy atom. The average molecular weight is 351 g/mol. The molecule has 1 aliphatic heterocycles. The maximum atomic E-state index is 13.1. The number of rotatable bonds is 5. The van der Waals surface area contributed by atoms with Crippen molar-refractivity contribution in [2.75, 3.05) is 18.4 Å². The van der Waals surface area contributed by atoms with E-state index in [1.165, 1.54) is 18.2 Å². The molecule has 0 amide bonds. The predicted molar refractivity (Wildman–Crippen MR) is 87.7 cm³/mol. The van der Waals surface area contributed by atoms with Gasteiger partial charge in [-0.2, -0.15) is 13.2 Å². The van der Waals surface area contributed by atoms with Crippen LogP contribution in [0.1, 0.15) is 12.0 Å². The van der Waals surface area contributed by atoms with Gasteiger partial charge in [0.1, 0.15) is 5.54 Å². The van der Waals surface area contributed by atoms with Crippen molar-refractivity contribution in [3.63, 3.8) is 0 Å². The number of nitrogens with one attached hydrogen (secondary N) is 1. The van der Waals surface area contributed by atoms with E-state index < -0.39 is 23.3 Å². The number of benzene rings is 1. The van der Waals surface area contributed by atoms with Crippen LogP contribution in [-0.2, 0) is 6.18 Å². The molecule has 0 bridgehead atoms. The zero-order valence-electron chi connectivity index (χ0n) is 13.3. The number of halogens is 3. The van der Waals surface area contributed by atoms with E-state index in [9.17, 15) is 18.3 Å². The minimum absolute atomic E-state index is 0.0179. The number of hydrogen-bond donors (Lipinski definition) is 2. The van der Waals surface area contributed by atoms with Crippen molar-refractivity contribution in [3.05, 3.63) is 54.3 Å². The molecule has 1 aromatic rings. The Morgan fingerprint density at radius 2 is 2.12 bits per heavy atom. The molecule has 25 heavy (non-hydrogen) atoms. The second-order valence-electron chi connectivity index (χ2n) is 6.20. The molecule has 2 atom stereocenters. The maximum absolute atomic E-state index is 13.1. The van der Waals surface area contributed by atoms with Crippen LogP contribution in [0.5, 0.6) is 0 Å². The van der Waals surface area contributed by atoms with Gasteiger partial charge in [0.15, 0.2) is 0 Å². The first-order valence-corrected chi connectivity index (χ1v) is 7.83. The molecule has 0 aromatic heterocycles. The van der Waals surface area contributed by atoms with Crippen LogP contribution in [0.3, 0.4) is 0 Å². The van der Waals surface area contributed by atoms with E-state index >= 15 is 0 Å². The molecule has 0 saturated heterocycles. The molecule has 1 aromatic carbocycles. The zero-order chi connectivity index (χ0) is 18.1. The Kier molecular flexibility index (Phi) is 4.36. The minimum atomic E-state index is -4.46. The van der Waals surface area contributed by atoms with Crippen molar-refractivity contribution < 1.29 is 18.3 Å². The van der Waals surface area contributed by atoms with E-state index in [0.29, 0.717) is 19.5 Å². The molecule has 3 rings (SSSR count). The highest BCUT2D eigenvalue weighted by Gasteiger charge is 2.55. The molecular formula is C17H18F3N4O-. The van der Waals surface area contributed by atoms with Crippen molar-refractivity contribution in [1.29, 1.82) is 0 Å². The first-order chi connectivity index (χ1) is 11.8. The molecule has 8 heteroatoms. The van der Waals surface area contributed by atoms with Crippen molar-refractivity contribution >= 4 is 11.7 Å². The van der Waals surface area contributed by atoms with Crippen LogP contribution in [-0.4, -0.2) is 35.6 Å². The lowest BCUT2D eigenvalue weighted by molar-refractivity contribution is -0.218. The van der Waals surface area contributed by atoms with Crippen LogP contribution in [0.4, 0.5) is 18.9 Å². The third-order valence-electron chi connectivity index (χ3n) is 4.30. The number of para-hydroxylation sites is 1. The van der Waals surface area contributed by atoms with Gasteiger partial charge in [-0.15, -0.1) is 0 Å². The lowest BCUT2D eigenvalue weighted by Gasteiger charge is -2.26. The zero-order valence-corrected chi connectivity index (χ0v) is 13.3. The van der Waals surface area contributed by atoms with Gasteiger partial charge < -0.3 is 21.1 Å².